The quantitative estimate of drug-likeness (QED) is 0.818. The van der Waals surface area contributed by atoms with Crippen LogP contribution in [0, 0.1) is 17.8 Å². The number of hydrogen-bond donors (Lipinski definition) is 1. The standard InChI is InChI=1S/C19H25N3O3S/c1-7-12-13-11(8-26-12)16(24)22(10(2)20-13)14-15(23)21-17(25)19(5,6)9-18(14,3)4/h8,14H,7,9H2,1-6H3,(H,21,23,25). The molecule has 0 saturated carbocycles. The van der Waals surface area contributed by atoms with Crippen LogP contribution in [0.1, 0.15) is 57.8 Å². The number of fused-ring (bicyclic) bond motifs is 1. The highest BCUT2D eigenvalue weighted by molar-refractivity contribution is 7.11. The molecule has 1 atom stereocenters. The summed E-state index contributed by atoms with van der Waals surface area (Å²) < 4.78 is 1.47. The minimum atomic E-state index is -0.789. The van der Waals surface area contributed by atoms with Crippen LogP contribution in [0.4, 0.5) is 0 Å². The van der Waals surface area contributed by atoms with Gasteiger partial charge in [-0.1, -0.05) is 34.6 Å². The third-order valence-corrected chi connectivity index (χ3v) is 6.35. The van der Waals surface area contributed by atoms with Gasteiger partial charge >= 0.3 is 0 Å². The lowest BCUT2D eigenvalue weighted by Crippen LogP contribution is -2.44. The van der Waals surface area contributed by atoms with Crippen LogP contribution in [0.15, 0.2) is 10.2 Å². The summed E-state index contributed by atoms with van der Waals surface area (Å²) in [5.41, 5.74) is -0.781. The second-order valence-corrected chi connectivity index (χ2v) is 9.34. The Kier molecular flexibility index (Phi) is 4.34. The van der Waals surface area contributed by atoms with Crippen LogP contribution in [0.25, 0.3) is 10.9 Å². The molecule has 0 aromatic carbocycles. The van der Waals surface area contributed by atoms with E-state index in [1.807, 2.05) is 40.0 Å². The number of amides is 2. The van der Waals surface area contributed by atoms with Gasteiger partial charge in [0, 0.05) is 15.7 Å². The molecular formula is C19H25N3O3S. The van der Waals surface area contributed by atoms with E-state index in [9.17, 15) is 14.4 Å². The molecule has 0 spiro atoms. The first-order chi connectivity index (χ1) is 12.0. The molecule has 2 amide bonds. The van der Waals surface area contributed by atoms with Gasteiger partial charge in [0.2, 0.25) is 11.8 Å². The molecule has 1 saturated heterocycles. The van der Waals surface area contributed by atoms with E-state index in [0.717, 1.165) is 16.8 Å². The fourth-order valence-corrected chi connectivity index (χ4v) is 5.11. The minimum absolute atomic E-state index is 0.219. The summed E-state index contributed by atoms with van der Waals surface area (Å²) in [7, 11) is 0. The van der Waals surface area contributed by atoms with Crippen molar-refractivity contribution in [3.8, 4) is 0 Å². The van der Waals surface area contributed by atoms with Gasteiger partial charge in [-0.05, 0) is 25.2 Å². The van der Waals surface area contributed by atoms with Crippen molar-refractivity contribution in [3.63, 3.8) is 0 Å². The van der Waals surface area contributed by atoms with Gasteiger partial charge in [-0.3, -0.25) is 24.3 Å². The number of thiophene rings is 1. The fraction of sp³-hybridized carbons (Fsp3) is 0.579. The Labute approximate surface area is 156 Å². The molecule has 1 aliphatic heterocycles. The van der Waals surface area contributed by atoms with Gasteiger partial charge in [0.05, 0.1) is 10.9 Å². The Morgan fingerprint density at radius 2 is 1.92 bits per heavy atom. The molecule has 1 unspecified atom stereocenters. The van der Waals surface area contributed by atoms with E-state index in [-0.39, 0.29) is 11.5 Å². The largest absolute Gasteiger partial charge is 0.294 e. The van der Waals surface area contributed by atoms with E-state index in [1.54, 1.807) is 6.92 Å². The molecule has 6 nitrogen and oxygen atoms in total. The van der Waals surface area contributed by atoms with Crippen molar-refractivity contribution in [2.24, 2.45) is 10.8 Å². The molecule has 7 heteroatoms. The average molecular weight is 375 g/mol. The van der Waals surface area contributed by atoms with Crippen LogP contribution in [0.2, 0.25) is 0 Å². The molecule has 26 heavy (non-hydrogen) atoms. The Morgan fingerprint density at radius 1 is 1.27 bits per heavy atom. The lowest BCUT2D eigenvalue weighted by atomic mass is 9.72. The number of nitrogens with one attached hydrogen (secondary N) is 1. The number of nitrogens with zero attached hydrogens (tertiary/aromatic N) is 2. The second kappa shape index (κ2) is 6.01. The molecule has 3 heterocycles. The molecular weight excluding hydrogens is 350 g/mol. The van der Waals surface area contributed by atoms with Crippen LogP contribution in [0.3, 0.4) is 0 Å². The van der Waals surface area contributed by atoms with Crippen molar-refractivity contribution in [1.29, 1.82) is 0 Å². The van der Waals surface area contributed by atoms with Gasteiger partial charge in [-0.25, -0.2) is 4.98 Å². The Bertz CT molecular complexity index is 968. The SMILES string of the molecule is CCc1scc2c(=O)n(C3C(=O)NC(=O)C(C)(C)CC3(C)C)c(C)nc12. The zero-order chi connectivity index (χ0) is 19.4. The summed E-state index contributed by atoms with van der Waals surface area (Å²) in [6.45, 7) is 11.3. The number of imide groups is 1. The van der Waals surface area contributed by atoms with Gasteiger partial charge < -0.3 is 0 Å². The summed E-state index contributed by atoms with van der Waals surface area (Å²) in [5.74, 6) is -0.250. The van der Waals surface area contributed by atoms with Crippen LogP contribution in [0.5, 0.6) is 0 Å². The van der Waals surface area contributed by atoms with Gasteiger partial charge in [0.25, 0.3) is 5.56 Å². The van der Waals surface area contributed by atoms with E-state index in [4.69, 9.17) is 0 Å². The van der Waals surface area contributed by atoms with Crippen LogP contribution in [-0.4, -0.2) is 21.4 Å². The zero-order valence-corrected chi connectivity index (χ0v) is 16.9. The number of aryl methyl sites for hydroxylation is 2. The summed E-state index contributed by atoms with van der Waals surface area (Å²) >= 11 is 1.52. The van der Waals surface area contributed by atoms with Gasteiger partial charge in [-0.2, -0.15) is 0 Å². The minimum Gasteiger partial charge on any atom is -0.294 e. The van der Waals surface area contributed by atoms with Gasteiger partial charge in [-0.15, -0.1) is 11.3 Å². The number of rotatable bonds is 2. The van der Waals surface area contributed by atoms with E-state index < -0.39 is 22.8 Å². The number of aromatic nitrogens is 2. The summed E-state index contributed by atoms with van der Waals surface area (Å²) in [6.07, 6.45) is 1.29. The van der Waals surface area contributed by atoms with Crippen molar-refractivity contribution < 1.29 is 9.59 Å². The van der Waals surface area contributed by atoms with Gasteiger partial charge in [0.15, 0.2) is 0 Å². The molecule has 1 fully saturated rings. The predicted molar refractivity (Wildman–Crippen MR) is 102 cm³/mol. The van der Waals surface area contributed by atoms with Crippen LogP contribution >= 0.6 is 11.3 Å². The average Bonchev–Trinajstić information content (AvgIpc) is 2.89. The van der Waals surface area contributed by atoms with Crippen molar-refractivity contribution in [1.82, 2.24) is 14.9 Å². The van der Waals surface area contributed by atoms with Crippen LogP contribution < -0.4 is 10.9 Å². The number of carbonyl (C=O) groups excluding carboxylic acids is 2. The molecule has 2 aromatic rings. The molecule has 0 radical (unpaired) electrons. The molecule has 3 rings (SSSR count). The normalized spacial score (nSPS) is 22.3. The molecule has 2 aromatic heterocycles. The van der Waals surface area contributed by atoms with Gasteiger partial charge in [0.1, 0.15) is 11.9 Å². The highest BCUT2D eigenvalue weighted by Gasteiger charge is 2.48. The first-order valence-electron chi connectivity index (χ1n) is 8.84. The first-order valence-corrected chi connectivity index (χ1v) is 9.72. The first kappa shape index (κ1) is 18.8. The van der Waals surface area contributed by atoms with E-state index in [0.29, 0.717) is 17.6 Å². The third kappa shape index (κ3) is 2.78. The van der Waals surface area contributed by atoms with Crippen molar-refractivity contribution in [2.45, 2.75) is 60.4 Å². The van der Waals surface area contributed by atoms with E-state index >= 15 is 0 Å². The molecule has 0 bridgehead atoms. The predicted octanol–water partition coefficient (Wildman–Crippen LogP) is 2.97. The maximum Gasteiger partial charge on any atom is 0.263 e. The molecule has 0 aliphatic carbocycles. The lowest BCUT2D eigenvalue weighted by molar-refractivity contribution is -0.135. The molecule has 140 valence electrons. The molecule has 1 aliphatic rings. The number of carbonyl (C=O) groups is 2. The van der Waals surface area contributed by atoms with Crippen molar-refractivity contribution in [2.75, 3.05) is 0 Å². The lowest BCUT2D eigenvalue weighted by Gasteiger charge is -2.35. The zero-order valence-electron chi connectivity index (χ0n) is 16.1. The Morgan fingerprint density at radius 3 is 2.54 bits per heavy atom. The smallest absolute Gasteiger partial charge is 0.263 e. The maximum absolute atomic E-state index is 13.2. The summed E-state index contributed by atoms with van der Waals surface area (Å²) in [5, 5.41) is 4.85. The highest BCUT2D eigenvalue weighted by Crippen LogP contribution is 2.44. The Balaban J connectivity index is 2.26. The van der Waals surface area contributed by atoms with Crippen molar-refractivity contribution >= 4 is 34.1 Å². The molecule has 1 N–H and O–H groups in total. The summed E-state index contributed by atoms with van der Waals surface area (Å²) in [4.78, 5) is 44.2. The highest BCUT2D eigenvalue weighted by atomic mass is 32.1. The second-order valence-electron chi connectivity index (χ2n) is 8.38. The monoisotopic (exact) mass is 375 g/mol. The maximum atomic E-state index is 13.2. The van der Waals surface area contributed by atoms with E-state index in [2.05, 4.69) is 10.3 Å². The number of hydrogen-bond acceptors (Lipinski definition) is 5. The van der Waals surface area contributed by atoms with E-state index in [1.165, 1.54) is 15.9 Å². The van der Waals surface area contributed by atoms with Crippen LogP contribution in [-0.2, 0) is 16.0 Å². The third-order valence-electron chi connectivity index (χ3n) is 5.23. The van der Waals surface area contributed by atoms with Crippen molar-refractivity contribution in [3.05, 3.63) is 26.4 Å². The topological polar surface area (TPSA) is 81.1 Å². The fourth-order valence-electron chi connectivity index (χ4n) is 4.20. The summed E-state index contributed by atoms with van der Waals surface area (Å²) in [6, 6.07) is -0.789. The Hall–Kier alpha value is -2.02.